The number of ether oxygens (including phenoxy) is 1. The van der Waals surface area contributed by atoms with Crippen LogP contribution in [0.5, 0.6) is 0 Å². The Morgan fingerprint density at radius 3 is 1.09 bits per heavy atom. The number of hydrogen-bond acceptors (Lipinski definition) is 1. The molecule has 0 heterocycles. The predicted octanol–water partition coefficient (Wildman–Crippen LogP) is 7.48. The van der Waals surface area contributed by atoms with Gasteiger partial charge in [0.2, 0.25) is 0 Å². The molecular formula is C20H45OSn. The molecule has 0 spiro atoms. The summed E-state index contributed by atoms with van der Waals surface area (Å²) in [5.41, 5.74) is 0. The molecule has 0 bridgehead atoms. The fourth-order valence-corrected chi connectivity index (χ4v) is 11.7. The van der Waals surface area contributed by atoms with E-state index < -0.39 is 19.8 Å². The van der Waals surface area contributed by atoms with E-state index in [-0.39, 0.29) is 0 Å². The SMILES string of the molecule is CCCCOCCCC.CCC[CH2][Sn]([CH2]CCC)[CH2]CCC. The van der Waals surface area contributed by atoms with Gasteiger partial charge in [-0.25, -0.2) is 0 Å². The van der Waals surface area contributed by atoms with Gasteiger partial charge < -0.3 is 4.74 Å². The average molecular weight is 420 g/mol. The third-order valence-electron chi connectivity index (χ3n) is 3.94. The summed E-state index contributed by atoms with van der Waals surface area (Å²) >= 11 is -0.839. The van der Waals surface area contributed by atoms with Crippen molar-refractivity contribution in [2.24, 2.45) is 0 Å². The quantitative estimate of drug-likeness (QED) is 0.197. The van der Waals surface area contributed by atoms with Crippen LogP contribution < -0.4 is 0 Å². The van der Waals surface area contributed by atoms with Crippen LogP contribution in [0.1, 0.15) is 98.8 Å². The fraction of sp³-hybridized carbons (Fsp3) is 1.00. The molecule has 135 valence electrons. The minimum atomic E-state index is -0.839. The second-order valence-corrected chi connectivity index (χ2v) is 14.9. The standard InChI is InChI=1S/C8H18O.3C4H9.Sn/c1-3-5-7-9-8-6-4-2;3*1-3-4-2;/h3-8H2,1-2H3;3*1,3-4H2,2H3;. The molecule has 0 saturated heterocycles. The van der Waals surface area contributed by atoms with E-state index in [4.69, 9.17) is 4.74 Å². The molecule has 0 aliphatic rings. The van der Waals surface area contributed by atoms with E-state index in [2.05, 4.69) is 34.6 Å². The van der Waals surface area contributed by atoms with Gasteiger partial charge >= 0.3 is 92.4 Å². The normalized spacial score (nSPS) is 10.6. The Hall–Kier alpha value is 0.759. The van der Waals surface area contributed by atoms with Crippen LogP contribution in [0.25, 0.3) is 0 Å². The van der Waals surface area contributed by atoms with Gasteiger partial charge in [-0.05, 0) is 12.8 Å². The Balaban J connectivity index is 0. The molecule has 0 aromatic heterocycles. The molecule has 1 nitrogen and oxygen atoms in total. The van der Waals surface area contributed by atoms with Crippen LogP contribution in [0.4, 0.5) is 0 Å². The van der Waals surface area contributed by atoms with Gasteiger partial charge in [-0.3, -0.25) is 0 Å². The van der Waals surface area contributed by atoms with Crippen molar-refractivity contribution in [3.63, 3.8) is 0 Å². The molecule has 0 saturated carbocycles. The molecule has 0 aromatic rings. The van der Waals surface area contributed by atoms with Gasteiger partial charge in [-0.2, -0.15) is 0 Å². The maximum absolute atomic E-state index is 5.31. The van der Waals surface area contributed by atoms with Crippen molar-refractivity contribution >= 4 is 19.8 Å². The minimum absolute atomic E-state index is 0.839. The number of unbranched alkanes of at least 4 members (excludes halogenated alkanes) is 5. The van der Waals surface area contributed by atoms with Crippen LogP contribution in [0, 0.1) is 0 Å². The topological polar surface area (TPSA) is 9.23 Å². The Bertz CT molecular complexity index is 148. The molecule has 0 unspecified atom stereocenters. The molecule has 0 atom stereocenters. The molecule has 1 radical (unpaired) electrons. The van der Waals surface area contributed by atoms with Crippen LogP contribution in [0.15, 0.2) is 0 Å². The van der Waals surface area contributed by atoms with Gasteiger partial charge in [0.1, 0.15) is 0 Å². The predicted molar refractivity (Wildman–Crippen MR) is 106 cm³/mol. The summed E-state index contributed by atoms with van der Waals surface area (Å²) in [5.74, 6) is 0. The molecule has 2 heteroatoms. The first kappa shape index (κ1) is 25.0. The molecule has 0 aromatic carbocycles. The summed E-state index contributed by atoms with van der Waals surface area (Å²) in [6.45, 7) is 13.3. The zero-order valence-corrected chi connectivity index (χ0v) is 19.4. The third-order valence-corrected chi connectivity index (χ3v) is 13.0. The van der Waals surface area contributed by atoms with Gasteiger partial charge in [-0.15, -0.1) is 0 Å². The molecular weight excluding hydrogens is 375 g/mol. The Kier molecular flexibility index (Phi) is 27.3. The van der Waals surface area contributed by atoms with Gasteiger partial charge in [0.25, 0.3) is 0 Å². The van der Waals surface area contributed by atoms with Crippen molar-refractivity contribution < 1.29 is 4.74 Å². The summed E-state index contributed by atoms with van der Waals surface area (Å²) in [7, 11) is 0. The van der Waals surface area contributed by atoms with Crippen molar-refractivity contribution in [3.8, 4) is 0 Å². The van der Waals surface area contributed by atoms with Crippen LogP contribution in [-0.4, -0.2) is 33.0 Å². The van der Waals surface area contributed by atoms with Crippen LogP contribution in [0.3, 0.4) is 0 Å². The Labute approximate surface area is 149 Å². The van der Waals surface area contributed by atoms with Crippen LogP contribution in [0.2, 0.25) is 13.3 Å². The summed E-state index contributed by atoms with van der Waals surface area (Å²) in [5, 5.41) is 0. The molecule has 0 amide bonds. The molecule has 0 aliphatic heterocycles. The zero-order chi connectivity index (χ0) is 16.9. The summed E-state index contributed by atoms with van der Waals surface area (Å²) in [4.78, 5) is 0. The first-order valence-electron chi connectivity index (χ1n) is 10.2. The fourth-order valence-electron chi connectivity index (χ4n) is 2.25. The molecule has 0 rings (SSSR count). The van der Waals surface area contributed by atoms with E-state index in [0.29, 0.717) is 0 Å². The van der Waals surface area contributed by atoms with Gasteiger partial charge in [-0.1, -0.05) is 26.7 Å². The van der Waals surface area contributed by atoms with Crippen molar-refractivity contribution in [2.45, 2.75) is 112 Å². The summed E-state index contributed by atoms with van der Waals surface area (Å²) in [6.07, 6.45) is 13.8. The molecule has 0 fully saturated rings. The second kappa shape index (κ2) is 24.0. The first-order chi connectivity index (χ1) is 10.8. The average Bonchev–Trinajstić information content (AvgIpc) is 2.55. The van der Waals surface area contributed by atoms with E-state index in [1.54, 1.807) is 13.3 Å². The number of hydrogen-bond donors (Lipinski definition) is 0. The maximum atomic E-state index is 5.31. The number of rotatable bonds is 15. The van der Waals surface area contributed by atoms with E-state index >= 15 is 0 Å². The molecule has 22 heavy (non-hydrogen) atoms. The second-order valence-electron chi connectivity index (χ2n) is 6.38. The van der Waals surface area contributed by atoms with E-state index in [0.717, 1.165) is 13.2 Å². The summed E-state index contributed by atoms with van der Waals surface area (Å²) < 4.78 is 10.4. The Morgan fingerprint density at radius 1 is 0.500 bits per heavy atom. The molecule has 0 N–H and O–H groups in total. The van der Waals surface area contributed by atoms with Crippen LogP contribution >= 0.6 is 0 Å². The van der Waals surface area contributed by atoms with E-state index in [1.165, 1.54) is 64.2 Å². The third kappa shape index (κ3) is 23.0. The zero-order valence-electron chi connectivity index (χ0n) is 16.5. The van der Waals surface area contributed by atoms with Gasteiger partial charge in [0, 0.05) is 13.2 Å². The van der Waals surface area contributed by atoms with Gasteiger partial charge in [0.05, 0.1) is 0 Å². The van der Waals surface area contributed by atoms with Crippen molar-refractivity contribution in [2.75, 3.05) is 13.2 Å². The van der Waals surface area contributed by atoms with E-state index in [1.807, 2.05) is 0 Å². The first-order valence-corrected chi connectivity index (χ1v) is 16.2. The monoisotopic (exact) mass is 421 g/mol. The van der Waals surface area contributed by atoms with Gasteiger partial charge in [0.15, 0.2) is 0 Å². The van der Waals surface area contributed by atoms with Crippen molar-refractivity contribution in [1.29, 1.82) is 0 Å². The molecule has 0 aliphatic carbocycles. The van der Waals surface area contributed by atoms with Crippen LogP contribution in [-0.2, 0) is 4.74 Å². The Morgan fingerprint density at radius 2 is 0.818 bits per heavy atom. The van der Waals surface area contributed by atoms with E-state index in [9.17, 15) is 0 Å². The van der Waals surface area contributed by atoms with Crippen molar-refractivity contribution in [1.82, 2.24) is 0 Å². The summed E-state index contributed by atoms with van der Waals surface area (Å²) in [6, 6.07) is 0. The van der Waals surface area contributed by atoms with Crippen molar-refractivity contribution in [3.05, 3.63) is 0 Å².